The lowest BCUT2D eigenvalue weighted by atomic mass is 10.3. The molecule has 0 radical (unpaired) electrons. The van der Waals surface area contributed by atoms with E-state index in [0.717, 1.165) is 23.8 Å². The van der Waals surface area contributed by atoms with Crippen LogP contribution in [0.5, 0.6) is 0 Å². The molecule has 4 heteroatoms. The third-order valence-electron chi connectivity index (χ3n) is 1.58. The summed E-state index contributed by atoms with van der Waals surface area (Å²) in [5, 5.41) is 1.15. The number of fused-ring (bicyclic) bond motifs is 1. The van der Waals surface area contributed by atoms with Crippen molar-refractivity contribution in [2.24, 2.45) is 0 Å². The molecule has 1 aromatic heterocycles. The highest BCUT2D eigenvalue weighted by Gasteiger charge is 2.05. The zero-order chi connectivity index (χ0) is 8.72. The van der Waals surface area contributed by atoms with E-state index in [1.165, 1.54) is 0 Å². The van der Waals surface area contributed by atoms with E-state index < -0.39 is 0 Å². The van der Waals surface area contributed by atoms with Gasteiger partial charge in [0.05, 0.1) is 9.04 Å². The lowest BCUT2D eigenvalue weighted by Gasteiger charge is -1.96. The molecule has 0 nitrogen and oxygen atoms in total. The molecule has 12 heavy (non-hydrogen) atoms. The normalized spacial score (nSPS) is 10.9. The number of hydrogen-bond donors (Lipinski definition) is 1. The molecule has 0 saturated heterocycles. The molecule has 0 fully saturated rings. The Morgan fingerprint density at radius 1 is 1.42 bits per heavy atom. The Hall–Kier alpha value is 0.300. The van der Waals surface area contributed by atoms with Gasteiger partial charge in [0.2, 0.25) is 0 Å². The summed E-state index contributed by atoms with van der Waals surface area (Å²) < 4.78 is 2.95. The molecule has 0 N–H and O–H groups in total. The molecule has 0 amide bonds. The van der Waals surface area contributed by atoms with E-state index in [-0.39, 0.29) is 0 Å². The second-order valence-electron chi connectivity index (χ2n) is 2.36. The minimum atomic E-state index is 0.804. The highest BCUT2D eigenvalue weighted by atomic mass is 79.9. The fourth-order valence-electron chi connectivity index (χ4n) is 1.03. The number of thiol groups is 1. The van der Waals surface area contributed by atoms with E-state index in [1.54, 1.807) is 11.3 Å². The van der Waals surface area contributed by atoms with Crippen LogP contribution < -0.4 is 0 Å². The average molecular weight is 280 g/mol. The first-order valence-corrected chi connectivity index (χ1v) is 5.68. The Bertz CT molecular complexity index is 436. The second-order valence-corrected chi connectivity index (χ2v) is 5.35. The molecule has 0 aliphatic carbocycles. The summed E-state index contributed by atoms with van der Waals surface area (Å²) in [6, 6.07) is 5.96. The van der Waals surface area contributed by atoms with Crippen molar-refractivity contribution < 1.29 is 0 Å². The summed E-state index contributed by atoms with van der Waals surface area (Å²) in [5.41, 5.74) is 0. The minimum Gasteiger partial charge on any atom is -0.141 e. The van der Waals surface area contributed by atoms with Gasteiger partial charge in [0.1, 0.15) is 0 Å². The van der Waals surface area contributed by atoms with Gasteiger partial charge in [-0.05, 0) is 33.4 Å². The van der Waals surface area contributed by atoms with Crippen LogP contribution in [0.25, 0.3) is 10.1 Å². The van der Waals surface area contributed by atoms with Crippen LogP contribution in [0.15, 0.2) is 27.6 Å². The van der Waals surface area contributed by atoms with Gasteiger partial charge in [-0.1, -0.05) is 17.7 Å². The predicted molar refractivity (Wildman–Crippen MR) is 61.8 cm³/mol. The molecule has 62 valence electrons. The number of thiophene rings is 1. The summed E-state index contributed by atoms with van der Waals surface area (Å²) in [4.78, 5) is 0.962. The molecule has 0 unspecified atom stereocenters. The first kappa shape index (κ1) is 8.88. The second kappa shape index (κ2) is 3.22. The molecule has 0 aliphatic heterocycles. The highest BCUT2D eigenvalue weighted by Crippen LogP contribution is 2.37. The Labute approximate surface area is 93.1 Å². The first-order valence-electron chi connectivity index (χ1n) is 3.25. The molecule has 2 aromatic rings. The van der Waals surface area contributed by atoms with Crippen LogP contribution in [0.4, 0.5) is 0 Å². The van der Waals surface area contributed by atoms with Gasteiger partial charge in [-0.2, -0.15) is 0 Å². The van der Waals surface area contributed by atoms with Crippen molar-refractivity contribution in [1.82, 2.24) is 0 Å². The lowest BCUT2D eigenvalue weighted by Crippen LogP contribution is -1.68. The zero-order valence-corrected chi connectivity index (χ0v) is 9.90. The van der Waals surface area contributed by atoms with E-state index in [0.29, 0.717) is 0 Å². The number of rotatable bonds is 0. The van der Waals surface area contributed by atoms with Crippen molar-refractivity contribution in [2.45, 2.75) is 4.90 Å². The molecule has 1 heterocycles. The largest absolute Gasteiger partial charge is 0.141 e. The van der Waals surface area contributed by atoms with Crippen molar-refractivity contribution in [2.75, 3.05) is 0 Å². The summed E-state index contributed by atoms with van der Waals surface area (Å²) >= 11 is 15.2. The Kier molecular flexibility index (Phi) is 2.38. The summed E-state index contributed by atoms with van der Waals surface area (Å²) in [7, 11) is 0. The molecular weight excluding hydrogens is 276 g/mol. The van der Waals surface area contributed by atoms with E-state index in [4.69, 9.17) is 11.6 Å². The fraction of sp³-hybridized carbons (Fsp3) is 0. The third kappa shape index (κ3) is 1.39. The van der Waals surface area contributed by atoms with Gasteiger partial charge in [-0.25, -0.2) is 0 Å². The van der Waals surface area contributed by atoms with Crippen LogP contribution in [0, 0.1) is 0 Å². The van der Waals surface area contributed by atoms with Gasteiger partial charge in [0.25, 0.3) is 0 Å². The van der Waals surface area contributed by atoms with E-state index in [9.17, 15) is 0 Å². The zero-order valence-electron chi connectivity index (χ0n) is 5.84. The SMILES string of the molecule is Sc1c(Br)ccc2cc(Cl)sc12. The van der Waals surface area contributed by atoms with Crippen molar-refractivity contribution >= 4 is 61.6 Å². The quantitative estimate of drug-likeness (QED) is 0.669. The molecule has 0 bridgehead atoms. The van der Waals surface area contributed by atoms with Crippen molar-refractivity contribution in [3.05, 3.63) is 27.0 Å². The fourth-order valence-corrected chi connectivity index (χ4v) is 3.02. The van der Waals surface area contributed by atoms with Gasteiger partial charge < -0.3 is 0 Å². The van der Waals surface area contributed by atoms with Gasteiger partial charge in [-0.3, -0.25) is 0 Å². The first-order chi connectivity index (χ1) is 5.68. The molecule has 2 rings (SSSR count). The molecule has 1 aromatic carbocycles. The maximum Gasteiger partial charge on any atom is 0.0941 e. The summed E-state index contributed by atoms with van der Waals surface area (Å²) in [5.74, 6) is 0. The van der Waals surface area contributed by atoms with Crippen LogP contribution in [-0.4, -0.2) is 0 Å². The van der Waals surface area contributed by atoms with E-state index >= 15 is 0 Å². The summed E-state index contributed by atoms with van der Waals surface area (Å²) in [6.07, 6.45) is 0. The average Bonchev–Trinajstić information content (AvgIpc) is 2.39. The highest BCUT2D eigenvalue weighted by molar-refractivity contribution is 9.10. The molecule has 0 spiro atoms. The molecule has 0 atom stereocenters. The van der Waals surface area contributed by atoms with Crippen LogP contribution in [0.1, 0.15) is 0 Å². The van der Waals surface area contributed by atoms with Gasteiger partial charge in [0.15, 0.2) is 0 Å². The number of benzene rings is 1. The van der Waals surface area contributed by atoms with Crippen LogP contribution in [0.2, 0.25) is 4.34 Å². The Morgan fingerprint density at radius 2 is 2.17 bits per heavy atom. The molecular formula is C8H4BrClS2. The standard InChI is InChI=1S/C8H4BrClS2/c9-5-2-1-4-3-6(10)12-8(4)7(5)11/h1-3,11H. The monoisotopic (exact) mass is 278 g/mol. The van der Waals surface area contributed by atoms with E-state index in [2.05, 4.69) is 28.6 Å². The smallest absolute Gasteiger partial charge is 0.0941 e. The van der Waals surface area contributed by atoms with Gasteiger partial charge in [0, 0.05) is 9.37 Å². The van der Waals surface area contributed by atoms with E-state index in [1.807, 2.05) is 18.2 Å². The minimum absolute atomic E-state index is 0.804. The maximum atomic E-state index is 5.88. The van der Waals surface area contributed by atoms with Crippen LogP contribution in [-0.2, 0) is 0 Å². The predicted octanol–water partition coefficient (Wildman–Crippen LogP) is 4.61. The van der Waals surface area contributed by atoms with Crippen molar-refractivity contribution in [1.29, 1.82) is 0 Å². The maximum absolute atomic E-state index is 5.88. The van der Waals surface area contributed by atoms with Crippen molar-refractivity contribution in [3.8, 4) is 0 Å². The Balaban J connectivity index is 2.89. The van der Waals surface area contributed by atoms with Crippen LogP contribution >= 0.6 is 51.5 Å². The van der Waals surface area contributed by atoms with Crippen LogP contribution in [0.3, 0.4) is 0 Å². The van der Waals surface area contributed by atoms with Crippen molar-refractivity contribution in [3.63, 3.8) is 0 Å². The molecule has 0 aliphatic rings. The summed E-state index contributed by atoms with van der Waals surface area (Å²) in [6.45, 7) is 0. The third-order valence-corrected chi connectivity index (χ3v) is 4.46. The number of hydrogen-bond acceptors (Lipinski definition) is 2. The topological polar surface area (TPSA) is 0 Å². The lowest BCUT2D eigenvalue weighted by molar-refractivity contribution is 1.53. The molecule has 0 saturated carbocycles. The van der Waals surface area contributed by atoms with Gasteiger partial charge >= 0.3 is 0 Å². The van der Waals surface area contributed by atoms with Gasteiger partial charge in [-0.15, -0.1) is 24.0 Å². The number of halogens is 2. The Morgan fingerprint density at radius 3 is 2.92 bits per heavy atom.